The average molecular weight is 276 g/mol. The van der Waals surface area contributed by atoms with Crippen molar-refractivity contribution in [1.82, 2.24) is 10.5 Å². The molecular formula is C14H16N2O4. The molecule has 0 aliphatic carbocycles. The number of aromatic nitrogens is 1. The maximum absolute atomic E-state index is 11.9. The molecule has 0 spiro atoms. The first-order valence-electron chi connectivity index (χ1n) is 6.14. The summed E-state index contributed by atoms with van der Waals surface area (Å²) in [5.74, 6) is 0.186. The lowest BCUT2D eigenvalue weighted by atomic mass is 10.1. The molecule has 1 heterocycles. The summed E-state index contributed by atoms with van der Waals surface area (Å²) in [5, 5.41) is 15.5. The Morgan fingerprint density at radius 3 is 2.95 bits per heavy atom. The lowest BCUT2D eigenvalue weighted by Crippen LogP contribution is -2.23. The molecule has 1 amide bonds. The first-order chi connectivity index (χ1) is 9.72. The van der Waals surface area contributed by atoms with Gasteiger partial charge in [-0.15, -0.1) is 0 Å². The van der Waals surface area contributed by atoms with Crippen LogP contribution >= 0.6 is 0 Å². The summed E-state index contributed by atoms with van der Waals surface area (Å²) in [6.07, 6.45) is 0. The van der Waals surface area contributed by atoms with Crippen LogP contribution in [0.1, 0.15) is 27.4 Å². The highest BCUT2D eigenvalue weighted by atomic mass is 16.5. The van der Waals surface area contributed by atoms with Gasteiger partial charge < -0.3 is 19.7 Å². The molecule has 106 valence electrons. The first kappa shape index (κ1) is 14.2. The van der Waals surface area contributed by atoms with Crippen LogP contribution in [0.15, 0.2) is 34.9 Å². The molecule has 20 heavy (non-hydrogen) atoms. The maximum Gasteiger partial charge on any atom is 0.273 e. The topological polar surface area (TPSA) is 84.6 Å². The Labute approximate surface area is 116 Å². The summed E-state index contributed by atoms with van der Waals surface area (Å²) in [5.41, 5.74) is 1.93. The highest BCUT2D eigenvalue weighted by molar-refractivity contribution is 5.92. The molecule has 0 aliphatic heterocycles. The van der Waals surface area contributed by atoms with Gasteiger partial charge in [0.25, 0.3) is 5.91 Å². The average Bonchev–Trinajstić information content (AvgIpc) is 2.94. The number of ether oxygens (including phenoxy) is 1. The number of rotatable bonds is 6. The molecule has 2 N–H and O–H groups in total. The number of aliphatic hydroxyl groups excluding tert-OH is 1. The number of carbonyl (C=O) groups excluding carboxylic acids is 1. The number of methoxy groups -OCH3 is 1. The Kier molecular flexibility index (Phi) is 4.86. The fourth-order valence-corrected chi connectivity index (χ4v) is 1.74. The summed E-state index contributed by atoms with van der Waals surface area (Å²) in [7, 11) is 1.54. The van der Waals surface area contributed by atoms with Crippen LogP contribution in [0.25, 0.3) is 0 Å². The van der Waals surface area contributed by atoms with Crippen LogP contribution in [0, 0.1) is 0 Å². The van der Waals surface area contributed by atoms with Gasteiger partial charge in [-0.2, -0.15) is 0 Å². The zero-order valence-electron chi connectivity index (χ0n) is 11.1. The molecule has 6 nitrogen and oxygen atoms in total. The molecule has 1 aromatic heterocycles. The zero-order chi connectivity index (χ0) is 14.4. The van der Waals surface area contributed by atoms with Crippen LogP contribution in [0.4, 0.5) is 0 Å². The van der Waals surface area contributed by atoms with Crippen molar-refractivity contribution < 1.29 is 19.2 Å². The number of benzene rings is 1. The molecular weight excluding hydrogens is 260 g/mol. The first-order valence-corrected chi connectivity index (χ1v) is 6.14. The molecule has 0 aliphatic rings. The van der Waals surface area contributed by atoms with Crippen molar-refractivity contribution >= 4 is 5.91 Å². The van der Waals surface area contributed by atoms with Crippen molar-refractivity contribution in [3.8, 4) is 0 Å². The van der Waals surface area contributed by atoms with E-state index in [1.165, 1.54) is 7.11 Å². The van der Waals surface area contributed by atoms with Crippen LogP contribution in [0.5, 0.6) is 0 Å². The van der Waals surface area contributed by atoms with Crippen molar-refractivity contribution in [3.05, 3.63) is 52.9 Å². The lowest BCUT2D eigenvalue weighted by molar-refractivity contribution is 0.0941. The van der Waals surface area contributed by atoms with Crippen molar-refractivity contribution in [2.75, 3.05) is 7.11 Å². The fraction of sp³-hybridized carbons (Fsp3) is 0.286. The Hall–Kier alpha value is -2.18. The van der Waals surface area contributed by atoms with E-state index in [1.54, 1.807) is 6.07 Å². The molecule has 0 radical (unpaired) electrons. The van der Waals surface area contributed by atoms with Gasteiger partial charge in [-0.05, 0) is 11.1 Å². The Balaban J connectivity index is 1.93. The van der Waals surface area contributed by atoms with Gasteiger partial charge in [-0.25, -0.2) is 0 Å². The largest absolute Gasteiger partial charge is 0.392 e. The third-order valence-corrected chi connectivity index (χ3v) is 2.71. The standard InChI is InChI=1S/C14H16N2O4/c1-19-9-12-6-13(16-20-12)14(18)15-7-10-3-2-4-11(5-10)8-17/h2-6,17H,7-9H2,1H3,(H,15,18). The number of hydrogen-bond acceptors (Lipinski definition) is 5. The van der Waals surface area contributed by atoms with Crippen LogP contribution in [0.2, 0.25) is 0 Å². The fourth-order valence-electron chi connectivity index (χ4n) is 1.74. The molecule has 0 saturated heterocycles. The highest BCUT2D eigenvalue weighted by Crippen LogP contribution is 2.07. The van der Waals surface area contributed by atoms with Gasteiger partial charge in [0.15, 0.2) is 11.5 Å². The van der Waals surface area contributed by atoms with E-state index >= 15 is 0 Å². The third kappa shape index (κ3) is 3.66. The third-order valence-electron chi connectivity index (χ3n) is 2.71. The minimum Gasteiger partial charge on any atom is -0.392 e. The van der Waals surface area contributed by atoms with Crippen molar-refractivity contribution in [2.45, 2.75) is 19.8 Å². The highest BCUT2D eigenvalue weighted by Gasteiger charge is 2.12. The van der Waals surface area contributed by atoms with Gasteiger partial charge in [0, 0.05) is 19.7 Å². The molecule has 6 heteroatoms. The summed E-state index contributed by atoms with van der Waals surface area (Å²) < 4.78 is 9.83. The number of nitrogens with zero attached hydrogens (tertiary/aromatic N) is 1. The van der Waals surface area contributed by atoms with E-state index in [1.807, 2.05) is 24.3 Å². The van der Waals surface area contributed by atoms with E-state index in [9.17, 15) is 4.79 Å². The molecule has 0 atom stereocenters. The van der Waals surface area contributed by atoms with Gasteiger partial charge in [0.05, 0.1) is 6.61 Å². The molecule has 0 fully saturated rings. The monoisotopic (exact) mass is 276 g/mol. The molecule has 0 unspecified atom stereocenters. The summed E-state index contributed by atoms with van der Waals surface area (Å²) >= 11 is 0. The summed E-state index contributed by atoms with van der Waals surface area (Å²) in [4.78, 5) is 11.9. The molecule has 0 bridgehead atoms. The Bertz CT molecular complexity index is 580. The second-order valence-corrected chi connectivity index (χ2v) is 4.27. The normalized spacial score (nSPS) is 10.5. The number of nitrogens with one attached hydrogen (secondary N) is 1. The van der Waals surface area contributed by atoms with E-state index in [0.29, 0.717) is 12.3 Å². The second kappa shape index (κ2) is 6.83. The van der Waals surface area contributed by atoms with E-state index in [2.05, 4.69) is 10.5 Å². The number of carbonyl (C=O) groups is 1. The van der Waals surface area contributed by atoms with Crippen LogP contribution in [-0.2, 0) is 24.5 Å². The molecule has 2 aromatic rings. The van der Waals surface area contributed by atoms with Crippen LogP contribution in [0.3, 0.4) is 0 Å². The second-order valence-electron chi connectivity index (χ2n) is 4.27. The molecule has 1 aromatic carbocycles. The number of hydrogen-bond donors (Lipinski definition) is 2. The van der Waals surface area contributed by atoms with Gasteiger partial charge >= 0.3 is 0 Å². The predicted molar refractivity (Wildman–Crippen MR) is 70.8 cm³/mol. The van der Waals surface area contributed by atoms with E-state index in [0.717, 1.165) is 11.1 Å². The van der Waals surface area contributed by atoms with E-state index in [4.69, 9.17) is 14.4 Å². The Morgan fingerprint density at radius 2 is 2.20 bits per heavy atom. The van der Waals surface area contributed by atoms with E-state index in [-0.39, 0.29) is 24.8 Å². The summed E-state index contributed by atoms with van der Waals surface area (Å²) in [6.45, 7) is 0.615. The molecule has 0 saturated carbocycles. The minimum absolute atomic E-state index is 0.0224. The number of aliphatic hydroxyl groups is 1. The van der Waals surface area contributed by atoms with Crippen molar-refractivity contribution in [3.63, 3.8) is 0 Å². The smallest absolute Gasteiger partial charge is 0.273 e. The quantitative estimate of drug-likeness (QED) is 0.829. The Morgan fingerprint density at radius 1 is 1.40 bits per heavy atom. The SMILES string of the molecule is COCc1cc(C(=O)NCc2cccc(CO)c2)no1. The zero-order valence-corrected chi connectivity index (χ0v) is 11.1. The van der Waals surface area contributed by atoms with Crippen LogP contribution < -0.4 is 5.32 Å². The van der Waals surface area contributed by atoms with Gasteiger partial charge in [0.2, 0.25) is 0 Å². The van der Waals surface area contributed by atoms with Crippen molar-refractivity contribution in [1.29, 1.82) is 0 Å². The van der Waals surface area contributed by atoms with Gasteiger partial charge in [-0.1, -0.05) is 29.4 Å². The van der Waals surface area contributed by atoms with Gasteiger partial charge in [-0.3, -0.25) is 4.79 Å². The van der Waals surface area contributed by atoms with Crippen LogP contribution in [-0.4, -0.2) is 23.3 Å². The summed E-state index contributed by atoms with van der Waals surface area (Å²) in [6, 6.07) is 8.90. The van der Waals surface area contributed by atoms with Gasteiger partial charge in [0.1, 0.15) is 6.61 Å². The van der Waals surface area contributed by atoms with Crippen molar-refractivity contribution in [2.24, 2.45) is 0 Å². The maximum atomic E-state index is 11.9. The predicted octanol–water partition coefficient (Wildman–Crippen LogP) is 1.24. The number of amides is 1. The molecule has 2 rings (SSSR count). The van der Waals surface area contributed by atoms with E-state index < -0.39 is 0 Å². The lowest BCUT2D eigenvalue weighted by Gasteiger charge is -2.04. The minimum atomic E-state index is -0.314.